The molecule has 2 aromatic rings. The molecule has 0 N–H and O–H groups in total. The molecule has 0 spiro atoms. The van der Waals surface area contributed by atoms with Gasteiger partial charge in [-0.1, -0.05) is 36.4 Å². The molecular formula is C28H36F3N3O2. The van der Waals surface area contributed by atoms with Crippen molar-refractivity contribution in [2.75, 3.05) is 44.2 Å². The van der Waals surface area contributed by atoms with Crippen LogP contribution in [-0.2, 0) is 17.5 Å². The summed E-state index contributed by atoms with van der Waals surface area (Å²) in [6.45, 7) is 9.89. The molecule has 0 saturated carbocycles. The Morgan fingerprint density at radius 2 is 1.56 bits per heavy atom. The number of piperazine rings is 1. The zero-order chi connectivity index (χ0) is 25.9. The van der Waals surface area contributed by atoms with Gasteiger partial charge in [0.15, 0.2) is 0 Å². The van der Waals surface area contributed by atoms with Crippen molar-refractivity contribution in [3.05, 3.63) is 65.2 Å². The van der Waals surface area contributed by atoms with Crippen LogP contribution in [-0.4, -0.2) is 60.8 Å². The summed E-state index contributed by atoms with van der Waals surface area (Å²) in [5.41, 5.74) is 1.71. The highest BCUT2D eigenvalue weighted by Gasteiger charge is 2.33. The van der Waals surface area contributed by atoms with Crippen molar-refractivity contribution in [3.8, 4) is 0 Å². The van der Waals surface area contributed by atoms with Crippen LogP contribution in [0.1, 0.15) is 56.2 Å². The summed E-state index contributed by atoms with van der Waals surface area (Å²) < 4.78 is 46.2. The molecule has 4 rings (SSSR count). The van der Waals surface area contributed by atoms with Gasteiger partial charge < -0.3 is 14.5 Å². The standard InChI is InChI=1S/C28H36F3N3O2/c1-27(2,3)36-26(35)34-17-15-32(16-18-34)20-23-9-10-24(28(29,30)31)19-25(23)33-13-11-22(12-14-33)21-7-5-4-6-8-21/h4-10,19,22H,11-18,20H2,1-3H3. The van der Waals surface area contributed by atoms with E-state index in [9.17, 15) is 18.0 Å². The molecule has 0 aliphatic carbocycles. The number of carbonyl (C=O) groups is 1. The third-order valence-corrected chi connectivity index (χ3v) is 6.94. The zero-order valence-corrected chi connectivity index (χ0v) is 21.4. The molecule has 1 amide bonds. The molecule has 36 heavy (non-hydrogen) atoms. The Kier molecular flexibility index (Phi) is 7.83. The molecule has 2 fully saturated rings. The van der Waals surface area contributed by atoms with Crippen LogP contribution in [0.5, 0.6) is 0 Å². The third kappa shape index (κ3) is 6.72. The number of piperidine rings is 1. The van der Waals surface area contributed by atoms with Crippen molar-refractivity contribution in [1.29, 1.82) is 0 Å². The second kappa shape index (κ2) is 10.7. The molecule has 5 nitrogen and oxygen atoms in total. The Morgan fingerprint density at radius 1 is 0.917 bits per heavy atom. The summed E-state index contributed by atoms with van der Waals surface area (Å²) in [5, 5.41) is 0. The van der Waals surface area contributed by atoms with Crippen molar-refractivity contribution in [2.24, 2.45) is 0 Å². The maximum Gasteiger partial charge on any atom is 0.416 e. The van der Waals surface area contributed by atoms with E-state index in [0.29, 0.717) is 44.3 Å². The van der Waals surface area contributed by atoms with Crippen LogP contribution in [0.25, 0.3) is 0 Å². The Balaban J connectivity index is 1.44. The van der Waals surface area contributed by atoms with E-state index >= 15 is 0 Å². The molecule has 0 unspecified atom stereocenters. The highest BCUT2D eigenvalue weighted by Crippen LogP contribution is 2.37. The van der Waals surface area contributed by atoms with Crippen molar-refractivity contribution in [1.82, 2.24) is 9.80 Å². The van der Waals surface area contributed by atoms with Crippen molar-refractivity contribution in [2.45, 2.75) is 57.9 Å². The first-order valence-electron chi connectivity index (χ1n) is 12.7. The number of rotatable bonds is 4. The van der Waals surface area contributed by atoms with E-state index in [1.54, 1.807) is 11.0 Å². The maximum atomic E-state index is 13.6. The minimum absolute atomic E-state index is 0.321. The van der Waals surface area contributed by atoms with Crippen molar-refractivity contribution < 1.29 is 22.7 Å². The number of carbonyl (C=O) groups excluding carboxylic acids is 1. The number of hydrogen-bond donors (Lipinski definition) is 0. The van der Waals surface area contributed by atoms with Gasteiger partial charge in [0.2, 0.25) is 0 Å². The number of ether oxygens (including phenoxy) is 1. The second-order valence-electron chi connectivity index (χ2n) is 10.8. The minimum Gasteiger partial charge on any atom is -0.444 e. The van der Waals surface area contributed by atoms with Crippen LogP contribution < -0.4 is 4.90 Å². The van der Waals surface area contributed by atoms with Gasteiger partial charge in [-0.2, -0.15) is 13.2 Å². The van der Waals surface area contributed by atoms with E-state index in [0.717, 1.165) is 31.5 Å². The molecule has 2 aliphatic heterocycles. The minimum atomic E-state index is -4.38. The highest BCUT2D eigenvalue weighted by molar-refractivity contribution is 5.68. The topological polar surface area (TPSA) is 36.0 Å². The predicted molar refractivity (Wildman–Crippen MR) is 135 cm³/mol. The molecule has 2 aromatic carbocycles. The van der Waals surface area contributed by atoms with Gasteiger partial charge in [-0.05, 0) is 62.8 Å². The predicted octanol–water partition coefficient (Wildman–Crippen LogP) is 6.14. The molecule has 0 radical (unpaired) electrons. The first-order chi connectivity index (χ1) is 17.0. The van der Waals surface area contributed by atoms with Crippen LogP contribution in [0, 0.1) is 0 Å². The number of halogens is 3. The van der Waals surface area contributed by atoms with E-state index in [1.165, 1.54) is 17.7 Å². The molecule has 0 aromatic heterocycles. The summed E-state index contributed by atoms with van der Waals surface area (Å²) in [7, 11) is 0. The van der Waals surface area contributed by atoms with E-state index in [-0.39, 0.29) is 6.09 Å². The Bertz CT molecular complexity index is 1020. The lowest BCUT2D eigenvalue weighted by atomic mass is 9.89. The Morgan fingerprint density at radius 3 is 2.14 bits per heavy atom. The average molecular weight is 504 g/mol. The smallest absolute Gasteiger partial charge is 0.416 e. The largest absolute Gasteiger partial charge is 0.444 e. The van der Waals surface area contributed by atoms with Gasteiger partial charge in [0.25, 0.3) is 0 Å². The SMILES string of the molecule is CC(C)(C)OC(=O)N1CCN(Cc2ccc(C(F)(F)F)cc2N2CCC(c3ccccc3)CC2)CC1. The number of hydrogen-bond acceptors (Lipinski definition) is 4. The number of nitrogens with zero attached hydrogens (tertiary/aromatic N) is 3. The second-order valence-corrected chi connectivity index (χ2v) is 10.8. The maximum absolute atomic E-state index is 13.6. The average Bonchev–Trinajstić information content (AvgIpc) is 2.84. The van der Waals surface area contributed by atoms with Gasteiger partial charge in [-0.3, -0.25) is 4.90 Å². The van der Waals surface area contributed by atoms with E-state index < -0.39 is 17.3 Å². The summed E-state index contributed by atoms with van der Waals surface area (Å²) in [6.07, 6.45) is -2.88. The van der Waals surface area contributed by atoms with Gasteiger partial charge in [-0.25, -0.2) is 4.79 Å². The van der Waals surface area contributed by atoms with Crippen molar-refractivity contribution >= 4 is 11.8 Å². The fourth-order valence-corrected chi connectivity index (χ4v) is 5.00. The molecular weight excluding hydrogens is 467 g/mol. The molecule has 0 atom stereocenters. The van der Waals surface area contributed by atoms with E-state index in [1.807, 2.05) is 39.0 Å². The number of anilines is 1. The van der Waals surface area contributed by atoms with Crippen molar-refractivity contribution in [3.63, 3.8) is 0 Å². The van der Waals surface area contributed by atoms with Crippen LogP contribution in [0.2, 0.25) is 0 Å². The number of benzene rings is 2. The van der Waals surface area contributed by atoms with E-state index in [4.69, 9.17) is 4.74 Å². The summed E-state index contributed by atoms with van der Waals surface area (Å²) in [6, 6.07) is 14.5. The number of alkyl halides is 3. The van der Waals surface area contributed by atoms with Crippen LogP contribution in [0.3, 0.4) is 0 Å². The quantitative estimate of drug-likeness (QED) is 0.502. The molecule has 0 bridgehead atoms. The Labute approximate surface area is 211 Å². The lowest BCUT2D eigenvalue weighted by Gasteiger charge is -2.38. The monoisotopic (exact) mass is 503 g/mol. The van der Waals surface area contributed by atoms with Gasteiger partial charge >= 0.3 is 12.3 Å². The summed E-state index contributed by atoms with van der Waals surface area (Å²) in [4.78, 5) is 18.4. The van der Waals surface area contributed by atoms with E-state index in [2.05, 4.69) is 21.9 Å². The van der Waals surface area contributed by atoms with Gasteiger partial charge in [-0.15, -0.1) is 0 Å². The van der Waals surface area contributed by atoms with Crippen LogP contribution in [0.15, 0.2) is 48.5 Å². The lowest BCUT2D eigenvalue weighted by molar-refractivity contribution is -0.137. The van der Waals surface area contributed by atoms with Gasteiger partial charge in [0, 0.05) is 51.5 Å². The first kappa shape index (κ1) is 26.3. The zero-order valence-electron chi connectivity index (χ0n) is 21.4. The number of amides is 1. The molecule has 2 heterocycles. The first-order valence-corrected chi connectivity index (χ1v) is 12.7. The summed E-state index contributed by atoms with van der Waals surface area (Å²) in [5.74, 6) is 0.428. The fraction of sp³-hybridized carbons (Fsp3) is 0.536. The highest BCUT2D eigenvalue weighted by atomic mass is 19.4. The molecule has 2 aliphatic rings. The molecule has 2 saturated heterocycles. The molecule has 196 valence electrons. The Hall–Kier alpha value is -2.74. The third-order valence-electron chi connectivity index (χ3n) is 6.94. The van der Waals surface area contributed by atoms with Gasteiger partial charge in [0.1, 0.15) is 5.60 Å². The lowest BCUT2D eigenvalue weighted by Crippen LogP contribution is -2.49. The fourth-order valence-electron chi connectivity index (χ4n) is 5.00. The molecule has 8 heteroatoms. The summed E-state index contributed by atoms with van der Waals surface area (Å²) >= 11 is 0. The normalized spacial score (nSPS) is 18.4. The van der Waals surface area contributed by atoms with Crippen LogP contribution in [0.4, 0.5) is 23.7 Å². The van der Waals surface area contributed by atoms with Gasteiger partial charge in [0.05, 0.1) is 5.56 Å². The van der Waals surface area contributed by atoms with Crippen LogP contribution >= 0.6 is 0 Å².